The van der Waals surface area contributed by atoms with E-state index >= 15 is 0 Å². The lowest BCUT2D eigenvalue weighted by Gasteiger charge is -2.23. The third kappa shape index (κ3) is 2.08. The predicted octanol–water partition coefficient (Wildman–Crippen LogP) is 1.46. The van der Waals surface area contributed by atoms with Crippen molar-refractivity contribution < 1.29 is 4.79 Å². The molecular formula is C12H20N2OS. The molecule has 90 valence electrons. The summed E-state index contributed by atoms with van der Waals surface area (Å²) in [4.78, 5) is 12.4. The summed E-state index contributed by atoms with van der Waals surface area (Å²) in [5.41, 5.74) is 5.34. The summed E-state index contributed by atoms with van der Waals surface area (Å²) in [6.07, 6.45) is 3.78. The van der Waals surface area contributed by atoms with Crippen molar-refractivity contribution in [2.24, 2.45) is 28.9 Å². The van der Waals surface area contributed by atoms with Gasteiger partial charge in [-0.2, -0.15) is 0 Å². The van der Waals surface area contributed by atoms with Crippen molar-refractivity contribution in [3.8, 4) is 0 Å². The van der Waals surface area contributed by atoms with Gasteiger partial charge in [-0.25, -0.2) is 0 Å². The van der Waals surface area contributed by atoms with Crippen LogP contribution >= 0.6 is 12.2 Å². The first kappa shape index (κ1) is 11.8. The van der Waals surface area contributed by atoms with E-state index in [0.29, 0.717) is 23.4 Å². The van der Waals surface area contributed by atoms with Gasteiger partial charge in [0.2, 0.25) is 5.91 Å². The van der Waals surface area contributed by atoms with E-state index in [1.807, 2.05) is 13.8 Å². The van der Waals surface area contributed by atoms with Gasteiger partial charge in [-0.05, 0) is 24.7 Å². The lowest BCUT2D eigenvalue weighted by Crippen LogP contribution is -2.42. The third-order valence-electron chi connectivity index (χ3n) is 4.08. The maximum absolute atomic E-state index is 11.9. The number of hydrogen-bond acceptors (Lipinski definition) is 2. The van der Waals surface area contributed by atoms with Crippen LogP contribution in [0.25, 0.3) is 0 Å². The van der Waals surface area contributed by atoms with Crippen molar-refractivity contribution >= 4 is 23.1 Å². The zero-order valence-electron chi connectivity index (χ0n) is 9.95. The lowest BCUT2D eigenvalue weighted by molar-refractivity contribution is -0.123. The Balaban J connectivity index is 1.79. The second-order valence-electron chi connectivity index (χ2n) is 5.75. The van der Waals surface area contributed by atoms with Crippen LogP contribution in [0.5, 0.6) is 0 Å². The minimum atomic E-state index is -0.283. The molecule has 2 atom stereocenters. The normalized spacial score (nSPS) is 32.0. The van der Waals surface area contributed by atoms with Crippen LogP contribution in [0.3, 0.4) is 0 Å². The molecule has 0 aliphatic heterocycles. The fraction of sp³-hybridized carbons (Fsp3) is 0.833. The smallest absolute Gasteiger partial charge is 0.223 e. The van der Waals surface area contributed by atoms with Gasteiger partial charge >= 0.3 is 0 Å². The Kier molecular flexibility index (Phi) is 2.95. The molecule has 2 unspecified atom stereocenters. The Morgan fingerprint density at radius 1 is 1.44 bits per heavy atom. The van der Waals surface area contributed by atoms with Gasteiger partial charge in [-0.15, -0.1) is 0 Å². The average molecular weight is 240 g/mol. The summed E-state index contributed by atoms with van der Waals surface area (Å²) >= 11 is 4.97. The topological polar surface area (TPSA) is 55.1 Å². The van der Waals surface area contributed by atoms with Crippen molar-refractivity contribution in [1.29, 1.82) is 0 Å². The number of carbonyl (C=O) groups excluding carboxylic acids is 1. The molecule has 2 aliphatic rings. The van der Waals surface area contributed by atoms with Crippen molar-refractivity contribution in [3.63, 3.8) is 0 Å². The summed E-state index contributed by atoms with van der Waals surface area (Å²) in [6, 6.07) is 0. The molecule has 4 heteroatoms. The third-order valence-corrected chi connectivity index (χ3v) is 4.63. The molecule has 0 heterocycles. The van der Waals surface area contributed by atoms with E-state index < -0.39 is 0 Å². The van der Waals surface area contributed by atoms with Crippen molar-refractivity contribution in [3.05, 3.63) is 0 Å². The van der Waals surface area contributed by atoms with Gasteiger partial charge in [0, 0.05) is 17.9 Å². The van der Waals surface area contributed by atoms with Crippen LogP contribution in [0.4, 0.5) is 0 Å². The van der Waals surface area contributed by atoms with E-state index in [0.717, 1.165) is 0 Å². The van der Waals surface area contributed by atoms with E-state index in [4.69, 9.17) is 18.0 Å². The van der Waals surface area contributed by atoms with Crippen molar-refractivity contribution in [2.75, 3.05) is 6.54 Å². The highest BCUT2D eigenvalue weighted by atomic mass is 32.1. The molecule has 0 saturated heterocycles. The molecule has 0 aromatic rings. The molecule has 2 aliphatic carbocycles. The maximum Gasteiger partial charge on any atom is 0.223 e. The van der Waals surface area contributed by atoms with Gasteiger partial charge in [-0.3, -0.25) is 4.79 Å². The number of nitrogens with one attached hydrogen (secondary N) is 1. The first-order valence-corrected chi connectivity index (χ1v) is 6.42. The summed E-state index contributed by atoms with van der Waals surface area (Å²) in [5, 5.41) is 2.99. The van der Waals surface area contributed by atoms with Crippen LogP contribution in [0.1, 0.15) is 33.1 Å². The second-order valence-corrected chi connectivity index (χ2v) is 6.19. The number of hydrogen-bond donors (Lipinski definition) is 2. The van der Waals surface area contributed by atoms with Gasteiger partial charge in [0.25, 0.3) is 0 Å². The molecule has 3 nitrogen and oxygen atoms in total. The number of amides is 1. The summed E-state index contributed by atoms with van der Waals surface area (Å²) in [7, 11) is 0. The fourth-order valence-electron chi connectivity index (χ4n) is 2.72. The average Bonchev–Trinajstić information content (AvgIpc) is 2.68. The Bertz CT molecular complexity index is 317. The van der Waals surface area contributed by atoms with E-state index in [1.165, 1.54) is 19.3 Å². The summed E-state index contributed by atoms with van der Waals surface area (Å²) in [6.45, 7) is 4.48. The van der Waals surface area contributed by atoms with Gasteiger partial charge < -0.3 is 11.1 Å². The first-order valence-electron chi connectivity index (χ1n) is 6.01. The standard InChI is InChI=1S/C12H20N2OS/c1-12(2,11(13)16)6-14-10(15)9-7-4-3-5-8(7)9/h7-9H,3-6H2,1-2H3,(H2,13,16)(H,14,15). The largest absolute Gasteiger partial charge is 0.393 e. The monoisotopic (exact) mass is 240 g/mol. The zero-order valence-corrected chi connectivity index (χ0v) is 10.8. The number of thiocarbonyl (C=S) groups is 1. The number of nitrogens with two attached hydrogens (primary N) is 1. The molecule has 0 aromatic carbocycles. The van der Waals surface area contributed by atoms with Gasteiger partial charge in [0.05, 0.1) is 4.99 Å². The summed E-state index contributed by atoms with van der Waals surface area (Å²) < 4.78 is 0. The molecule has 2 saturated carbocycles. The SMILES string of the molecule is CC(C)(CNC(=O)C1C2CCCC21)C(N)=S. The van der Waals surface area contributed by atoms with Crippen LogP contribution < -0.4 is 11.1 Å². The highest BCUT2D eigenvalue weighted by molar-refractivity contribution is 7.80. The minimum Gasteiger partial charge on any atom is -0.393 e. The molecule has 0 aromatic heterocycles. The summed E-state index contributed by atoms with van der Waals surface area (Å²) in [5.74, 6) is 1.84. The van der Waals surface area contributed by atoms with Crippen molar-refractivity contribution in [2.45, 2.75) is 33.1 Å². The quantitative estimate of drug-likeness (QED) is 0.732. The van der Waals surface area contributed by atoms with Crippen LogP contribution in [0.2, 0.25) is 0 Å². The van der Waals surface area contributed by atoms with Gasteiger partial charge in [-0.1, -0.05) is 32.5 Å². The van der Waals surface area contributed by atoms with Crippen molar-refractivity contribution in [1.82, 2.24) is 5.32 Å². The van der Waals surface area contributed by atoms with Crippen LogP contribution in [-0.4, -0.2) is 17.4 Å². The molecule has 0 spiro atoms. The van der Waals surface area contributed by atoms with E-state index in [-0.39, 0.29) is 17.2 Å². The highest BCUT2D eigenvalue weighted by Gasteiger charge is 2.56. The van der Waals surface area contributed by atoms with E-state index in [2.05, 4.69) is 5.32 Å². The molecule has 3 N–H and O–H groups in total. The molecule has 2 rings (SSSR count). The minimum absolute atomic E-state index is 0.207. The highest BCUT2D eigenvalue weighted by Crippen LogP contribution is 2.57. The van der Waals surface area contributed by atoms with Crippen LogP contribution in [-0.2, 0) is 4.79 Å². The Morgan fingerprint density at radius 2 is 2.00 bits per heavy atom. The van der Waals surface area contributed by atoms with Gasteiger partial charge in [0.1, 0.15) is 0 Å². The van der Waals surface area contributed by atoms with Crippen LogP contribution in [0, 0.1) is 23.2 Å². The molecule has 0 radical (unpaired) electrons. The van der Waals surface area contributed by atoms with E-state index in [1.54, 1.807) is 0 Å². The second kappa shape index (κ2) is 3.99. The van der Waals surface area contributed by atoms with Crippen LogP contribution in [0.15, 0.2) is 0 Å². The Hall–Kier alpha value is -0.640. The molecule has 1 amide bonds. The predicted molar refractivity (Wildman–Crippen MR) is 67.9 cm³/mol. The molecule has 2 fully saturated rings. The number of rotatable bonds is 4. The van der Waals surface area contributed by atoms with Gasteiger partial charge in [0.15, 0.2) is 0 Å². The maximum atomic E-state index is 11.9. The molecular weight excluding hydrogens is 220 g/mol. The Morgan fingerprint density at radius 3 is 2.50 bits per heavy atom. The zero-order chi connectivity index (χ0) is 11.9. The van der Waals surface area contributed by atoms with E-state index in [9.17, 15) is 4.79 Å². The number of carbonyl (C=O) groups is 1. The number of fused-ring (bicyclic) bond motifs is 1. The first-order chi connectivity index (χ1) is 7.43. The Labute approximate surface area is 102 Å². The molecule has 16 heavy (non-hydrogen) atoms. The fourth-order valence-corrected chi connectivity index (χ4v) is 2.80. The lowest BCUT2D eigenvalue weighted by atomic mass is 9.93. The molecule has 0 bridgehead atoms.